The van der Waals surface area contributed by atoms with Crippen LogP contribution in [0, 0.1) is 27.7 Å². The van der Waals surface area contributed by atoms with Crippen LogP contribution in [0.1, 0.15) is 38.4 Å². The molecule has 1 saturated heterocycles. The van der Waals surface area contributed by atoms with Gasteiger partial charge >= 0.3 is 0 Å². The van der Waals surface area contributed by atoms with Gasteiger partial charge in [-0.1, -0.05) is 30.0 Å². The number of hydrogen-bond donors (Lipinski definition) is 0. The van der Waals surface area contributed by atoms with Crippen molar-refractivity contribution in [1.82, 2.24) is 14.9 Å². The highest BCUT2D eigenvalue weighted by atomic mass is 32.2. The second-order valence-electron chi connectivity index (χ2n) is 8.18. The summed E-state index contributed by atoms with van der Waals surface area (Å²) in [5.74, 6) is 1.31. The van der Waals surface area contributed by atoms with Crippen molar-refractivity contribution < 1.29 is 9.53 Å². The normalized spacial score (nSPS) is 14.8. The number of aryl methyl sites for hydroxylation is 1. The molecule has 162 valence electrons. The van der Waals surface area contributed by atoms with Gasteiger partial charge in [0.25, 0.3) is 0 Å². The summed E-state index contributed by atoms with van der Waals surface area (Å²) in [5, 5.41) is 1.87. The largest absolute Gasteiger partial charge is 0.379 e. The molecule has 1 fully saturated rings. The number of benzene rings is 2. The maximum atomic E-state index is 13.1. The van der Waals surface area contributed by atoms with E-state index in [-0.39, 0.29) is 5.78 Å². The van der Waals surface area contributed by atoms with Crippen molar-refractivity contribution in [1.29, 1.82) is 0 Å². The lowest BCUT2D eigenvalue weighted by Gasteiger charge is -2.25. The van der Waals surface area contributed by atoms with Crippen molar-refractivity contribution in [2.75, 3.05) is 32.1 Å². The number of carbonyl (C=O) groups excluding carboxylic acids is 1. The van der Waals surface area contributed by atoms with E-state index in [2.05, 4.69) is 25.7 Å². The summed E-state index contributed by atoms with van der Waals surface area (Å²) in [5.41, 5.74) is 6.45. The van der Waals surface area contributed by atoms with E-state index in [9.17, 15) is 4.79 Å². The predicted octanol–water partition coefficient (Wildman–Crippen LogP) is 4.67. The molecule has 1 aromatic heterocycles. The highest BCUT2D eigenvalue weighted by Crippen LogP contribution is 2.28. The first-order chi connectivity index (χ1) is 14.9. The van der Waals surface area contributed by atoms with Gasteiger partial charge in [-0.3, -0.25) is 9.69 Å². The van der Waals surface area contributed by atoms with Crippen molar-refractivity contribution in [3.05, 3.63) is 64.0 Å². The Morgan fingerprint density at radius 3 is 2.55 bits per heavy atom. The van der Waals surface area contributed by atoms with Crippen molar-refractivity contribution in [3.63, 3.8) is 0 Å². The lowest BCUT2D eigenvalue weighted by atomic mass is 9.93. The molecule has 1 aliphatic rings. The van der Waals surface area contributed by atoms with E-state index in [1.54, 1.807) is 0 Å². The molecule has 2 aromatic carbocycles. The van der Waals surface area contributed by atoms with E-state index >= 15 is 0 Å². The zero-order chi connectivity index (χ0) is 22.0. The molecule has 0 aliphatic carbocycles. The Morgan fingerprint density at radius 1 is 1.03 bits per heavy atom. The molecule has 6 heteroatoms. The predicted molar refractivity (Wildman–Crippen MR) is 126 cm³/mol. The third kappa shape index (κ3) is 4.81. The van der Waals surface area contributed by atoms with Crippen molar-refractivity contribution >= 4 is 28.4 Å². The minimum absolute atomic E-state index is 0.145. The molecule has 4 rings (SSSR count). The second-order valence-corrected chi connectivity index (χ2v) is 9.14. The number of ketones is 1. The van der Waals surface area contributed by atoms with Gasteiger partial charge in [-0.25, -0.2) is 9.97 Å². The molecule has 2 heterocycles. The molecule has 0 saturated carbocycles. The molecule has 0 bridgehead atoms. The summed E-state index contributed by atoms with van der Waals surface area (Å²) in [6.45, 7) is 12.3. The molecule has 0 amide bonds. The summed E-state index contributed by atoms with van der Waals surface area (Å²) in [7, 11) is 0. The third-order valence-corrected chi connectivity index (χ3v) is 7.20. The maximum Gasteiger partial charge on any atom is 0.173 e. The van der Waals surface area contributed by atoms with Gasteiger partial charge in [-0.05, 0) is 62.1 Å². The number of para-hydroxylation sites is 1. The fourth-order valence-electron chi connectivity index (χ4n) is 3.95. The lowest BCUT2D eigenvalue weighted by molar-refractivity contribution is 0.0330. The number of morpholine rings is 1. The Kier molecular flexibility index (Phi) is 6.70. The number of hydrogen-bond acceptors (Lipinski definition) is 6. The molecule has 31 heavy (non-hydrogen) atoms. The molecule has 0 spiro atoms. The van der Waals surface area contributed by atoms with Crippen molar-refractivity contribution in [2.45, 2.75) is 39.3 Å². The molecular formula is C25H29N3O2S. The fourth-order valence-corrected chi connectivity index (χ4v) is 4.87. The molecule has 0 radical (unpaired) electrons. The Labute approximate surface area is 188 Å². The van der Waals surface area contributed by atoms with Gasteiger partial charge < -0.3 is 4.74 Å². The van der Waals surface area contributed by atoms with Crippen LogP contribution >= 0.6 is 11.8 Å². The molecule has 0 unspecified atom stereocenters. The topological polar surface area (TPSA) is 55.3 Å². The highest BCUT2D eigenvalue weighted by Gasteiger charge is 2.17. The Morgan fingerprint density at radius 2 is 1.77 bits per heavy atom. The Hall–Kier alpha value is -2.28. The molecule has 5 nitrogen and oxygen atoms in total. The minimum Gasteiger partial charge on any atom is -0.379 e. The van der Waals surface area contributed by atoms with Crippen molar-refractivity contribution in [2.24, 2.45) is 0 Å². The first kappa shape index (κ1) is 21.9. The quantitative estimate of drug-likeness (QED) is 0.319. The standard InChI is InChI=1S/C25H29N3O2S/c1-16-13-21(19(4)18(3)17(16)2)23(29)15-31-25-20-7-5-6-8-22(20)26-24(27-25)14-28-9-11-30-12-10-28/h5-8,13H,9-12,14-15H2,1-4H3. The zero-order valence-electron chi connectivity index (χ0n) is 18.7. The van der Waals surface area contributed by atoms with Crippen LogP contribution in [-0.2, 0) is 11.3 Å². The molecule has 1 aliphatic heterocycles. The Balaban J connectivity index is 1.58. The van der Waals surface area contributed by atoms with E-state index in [1.807, 2.05) is 37.3 Å². The van der Waals surface area contributed by atoms with Gasteiger partial charge in [0.1, 0.15) is 10.9 Å². The number of Topliss-reactive ketones (excluding diaryl/α,β-unsaturated/α-hetero) is 1. The second kappa shape index (κ2) is 9.47. The van der Waals surface area contributed by atoms with Crippen LogP contribution in [0.5, 0.6) is 0 Å². The number of rotatable bonds is 6. The number of thioether (sulfide) groups is 1. The van der Waals surface area contributed by atoms with Crippen LogP contribution < -0.4 is 0 Å². The molecule has 0 N–H and O–H groups in total. The average Bonchev–Trinajstić information content (AvgIpc) is 2.79. The van der Waals surface area contributed by atoms with E-state index < -0.39 is 0 Å². The van der Waals surface area contributed by atoms with Gasteiger partial charge in [-0.2, -0.15) is 0 Å². The SMILES string of the molecule is Cc1cc(C(=O)CSc2nc(CN3CCOCC3)nc3ccccc23)c(C)c(C)c1C. The van der Waals surface area contributed by atoms with Gasteiger partial charge in [0.05, 0.1) is 31.0 Å². The molecule has 0 atom stereocenters. The van der Waals surface area contributed by atoms with Crippen molar-refractivity contribution in [3.8, 4) is 0 Å². The summed E-state index contributed by atoms with van der Waals surface area (Å²) in [4.78, 5) is 25.0. The van der Waals surface area contributed by atoms with Gasteiger partial charge in [-0.15, -0.1) is 0 Å². The minimum atomic E-state index is 0.145. The fraction of sp³-hybridized carbons (Fsp3) is 0.400. The van der Waals surface area contributed by atoms with Gasteiger partial charge in [0.2, 0.25) is 0 Å². The smallest absolute Gasteiger partial charge is 0.173 e. The van der Waals surface area contributed by atoms with Crippen LogP contribution in [-0.4, -0.2) is 52.7 Å². The summed E-state index contributed by atoms with van der Waals surface area (Å²) < 4.78 is 5.45. The molecule has 3 aromatic rings. The summed E-state index contributed by atoms with van der Waals surface area (Å²) in [6, 6.07) is 10.1. The number of ether oxygens (including phenoxy) is 1. The number of aromatic nitrogens is 2. The monoisotopic (exact) mass is 435 g/mol. The van der Waals surface area contributed by atoms with Crippen LogP contribution in [0.2, 0.25) is 0 Å². The van der Waals surface area contributed by atoms with E-state index in [0.29, 0.717) is 12.3 Å². The van der Waals surface area contributed by atoms with E-state index in [4.69, 9.17) is 14.7 Å². The lowest BCUT2D eigenvalue weighted by Crippen LogP contribution is -2.36. The number of nitrogens with zero attached hydrogens (tertiary/aromatic N) is 3. The van der Waals surface area contributed by atoms with E-state index in [1.165, 1.54) is 22.9 Å². The third-order valence-electron chi connectivity index (χ3n) is 6.21. The first-order valence-electron chi connectivity index (χ1n) is 10.7. The van der Waals surface area contributed by atoms with Crippen LogP contribution in [0.4, 0.5) is 0 Å². The number of carbonyl (C=O) groups is 1. The highest BCUT2D eigenvalue weighted by molar-refractivity contribution is 8.00. The summed E-state index contributed by atoms with van der Waals surface area (Å²) >= 11 is 1.51. The van der Waals surface area contributed by atoms with Crippen LogP contribution in [0.3, 0.4) is 0 Å². The van der Waals surface area contributed by atoms with Gasteiger partial charge in [0.15, 0.2) is 5.78 Å². The number of fused-ring (bicyclic) bond motifs is 1. The molecular weight excluding hydrogens is 406 g/mol. The first-order valence-corrected chi connectivity index (χ1v) is 11.7. The Bertz CT molecular complexity index is 1120. The van der Waals surface area contributed by atoms with E-state index in [0.717, 1.165) is 64.7 Å². The average molecular weight is 436 g/mol. The zero-order valence-corrected chi connectivity index (χ0v) is 19.5. The maximum absolute atomic E-state index is 13.1. The van der Waals surface area contributed by atoms with Crippen LogP contribution in [0.15, 0.2) is 35.4 Å². The van der Waals surface area contributed by atoms with Gasteiger partial charge in [0, 0.05) is 24.0 Å². The van der Waals surface area contributed by atoms with Crippen LogP contribution in [0.25, 0.3) is 10.9 Å². The summed E-state index contributed by atoms with van der Waals surface area (Å²) in [6.07, 6.45) is 0.